The number of nitriles is 1. The highest BCUT2D eigenvalue weighted by Gasteiger charge is 2.34. The second-order valence-electron chi connectivity index (χ2n) is 3.28. The van der Waals surface area contributed by atoms with Gasteiger partial charge in [0.2, 0.25) is 0 Å². The van der Waals surface area contributed by atoms with Crippen molar-refractivity contribution in [1.82, 2.24) is 9.78 Å². The average Bonchev–Trinajstić information content (AvgIpc) is 2.54. The molecule has 0 aliphatic heterocycles. The third-order valence-corrected chi connectivity index (χ3v) is 2.28. The molecule has 0 amide bonds. The van der Waals surface area contributed by atoms with E-state index in [1.54, 1.807) is 6.07 Å². The van der Waals surface area contributed by atoms with Crippen LogP contribution in [0.25, 0.3) is 10.9 Å². The minimum absolute atomic E-state index is 0.00333. The molecule has 0 fully saturated rings. The lowest BCUT2D eigenvalue weighted by Crippen LogP contribution is -2.07. The third kappa shape index (κ3) is 1.41. The molecule has 16 heavy (non-hydrogen) atoms. The summed E-state index contributed by atoms with van der Waals surface area (Å²) < 4.78 is 39.1. The maximum Gasteiger partial charge on any atom is 0.418 e. The summed E-state index contributed by atoms with van der Waals surface area (Å²) in [6.45, 7) is 0. The van der Waals surface area contributed by atoms with Gasteiger partial charge in [0, 0.05) is 12.4 Å². The van der Waals surface area contributed by atoms with Crippen LogP contribution < -0.4 is 0 Å². The van der Waals surface area contributed by atoms with E-state index in [2.05, 4.69) is 5.10 Å². The molecule has 0 aliphatic rings. The van der Waals surface area contributed by atoms with Crippen molar-refractivity contribution in [2.45, 2.75) is 6.18 Å². The number of rotatable bonds is 0. The Hall–Kier alpha value is -2.03. The van der Waals surface area contributed by atoms with Gasteiger partial charge in [0.05, 0.1) is 11.1 Å². The highest BCUT2D eigenvalue weighted by atomic mass is 19.4. The number of benzene rings is 1. The lowest BCUT2D eigenvalue weighted by Gasteiger charge is -2.08. The highest BCUT2D eigenvalue weighted by Crippen LogP contribution is 2.35. The lowest BCUT2D eigenvalue weighted by molar-refractivity contribution is -0.136. The molecule has 0 aliphatic carbocycles. The number of hydrogen-bond donors (Lipinski definition) is 0. The Morgan fingerprint density at radius 1 is 1.38 bits per heavy atom. The molecule has 6 heteroatoms. The molecule has 0 atom stereocenters. The quantitative estimate of drug-likeness (QED) is 0.691. The number of hydrogen-bond acceptors (Lipinski definition) is 2. The van der Waals surface area contributed by atoms with E-state index in [-0.39, 0.29) is 16.6 Å². The summed E-state index contributed by atoms with van der Waals surface area (Å²) in [5, 5.41) is 12.7. The number of aromatic nitrogens is 2. The van der Waals surface area contributed by atoms with E-state index in [9.17, 15) is 13.2 Å². The van der Waals surface area contributed by atoms with Crippen molar-refractivity contribution in [3.05, 3.63) is 29.5 Å². The van der Waals surface area contributed by atoms with E-state index in [0.717, 1.165) is 10.7 Å². The standard InChI is InChI=1S/C10H6F3N3/c1-16-9-6(8(5-14)15-16)3-2-4-7(9)10(11,12)13/h2-4H,1H3. The maximum atomic E-state index is 12.7. The van der Waals surface area contributed by atoms with Gasteiger partial charge in [0.1, 0.15) is 6.07 Å². The summed E-state index contributed by atoms with van der Waals surface area (Å²) in [4.78, 5) is 0. The predicted octanol–water partition coefficient (Wildman–Crippen LogP) is 2.46. The topological polar surface area (TPSA) is 41.6 Å². The Morgan fingerprint density at radius 3 is 2.62 bits per heavy atom. The average molecular weight is 225 g/mol. The second-order valence-corrected chi connectivity index (χ2v) is 3.28. The normalized spacial score (nSPS) is 11.7. The summed E-state index contributed by atoms with van der Waals surface area (Å²) in [6, 6.07) is 5.47. The van der Waals surface area contributed by atoms with Crippen LogP contribution in [-0.2, 0) is 13.2 Å². The first-order valence-corrected chi connectivity index (χ1v) is 4.38. The van der Waals surface area contributed by atoms with E-state index in [1.807, 2.05) is 0 Å². The first-order chi connectivity index (χ1) is 7.45. The van der Waals surface area contributed by atoms with Gasteiger partial charge in [-0.05, 0) is 12.1 Å². The molecule has 0 saturated carbocycles. The van der Waals surface area contributed by atoms with Crippen molar-refractivity contribution >= 4 is 10.9 Å². The first kappa shape index (κ1) is 10.5. The minimum atomic E-state index is -4.44. The maximum absolute atomic E-state index is 12.7. The van der Waals surface area contributed by atoms with Gasteiger partial charge >= 0.3 is 6.18 Å². The van der Waals surface area contributed by atoms with Gasteiger partial charge in [0.15, 0.2) is 5.69 Å². The van der Waals surface area contributed by atoms with Crippen molar-refractivity contribution in [1.29, 1.82) is 5.26 Å². The Morgan fingerprint density at radius 2 is 2.06 bits per heavy atom. The van der Waals surface area contributed by atoms with Crippen molar-refractivity contribution < 1.29 is 13.2 Å². The number of nitrogens with zero attached hydrogens (tertiary/aromatic N) is 3. The first-order valence-electron chi connectivity index (χ1n) is 4.38. The minimum Gasteiger partial charge on any atom is -0.266 e. The number of fused-ring (bicyclic) bond motifs is 1. The predicted molar refractivity (Wildman–Crippen MR) is 50.4 cm³/mol. The van der Waals surface area contributed by atoms with Gasteiger partial charge in [-0.3, -0.25) is 4.68 Å². The fraction of sp³-hybridized carbons (Fsp3) is 0.200. The zero-order valence-electron chi connectivity index (χ0n) is 8.21. The van der Waals surface area contributed by atoms with Crippen molar-refractivity contribution in [3.8, 4) is 6.07 Å². The van der Waals surface area contributed by atoms with E-state index < -0.39 is 11.7 Å². The molecule has 1 aromatic heterocycles. The molecule has 3 nitrogen and oxygen atoms in total. The fourth-order valence-electron chi connectivity index (χ4n) is 1.65. The zero-order valence-corrected chi connectivity index (χ0v) is 8.21. The summed E-state index contributed by atoms with van der Waals surface area (Å²) in [5.74, 6) is 0. The van der Waals surface area contributed by atoms with Crippen LogP contribution in [0.1, 0.15) is 11.3 Å². The number of alkyl halides is 3. The molecule has 0 saturated heterocycles. The second kappa shape index (κ2) is 3.23. The Bertz CT molecular complexity index is 590. The van der Waals surface area contributed by atoms with Gasteiger partial charge < -0.3 is 0 Å². The van der Waals surface area contributed by atoms with Crippen molar-refractivity contribution in [3.63, 3.8) is 0 Å². The van der Waals surface area contributed by atoms with E-state index in [1.165, 1.54) is 19.2 Å². The SMILES string of the molecule is Cn1nc(C#N)c2cccc(C(F)(F)F)c21. The van der Waals surface area contributed by atoms with E-state index in [4.69, 9.17) is 5.26 Å². The summed E-state index contributed by atoms with van der Waals surface area (Å²) >= 11 is 0. The molecule has 0 spiro atoms. The van der Waals surface area contributed by atoms with Gasteiger partial charge in [-0.15, -0.1) is 0 Å². The molecular weight excluding hydrogens is 219 g/mol. The van der Waals surface area contributed by atoms with Crippen LogP contribution in [-0.4, -0.2) is 9.78 Å². The molecule has 82 valence electrons. The molecule has 0 radical (unpaired) electrons. The van der Waals surface area contributed by atoms with Crippen LogP contribution in [0, 0.1) is 11.3 Å². The molecular formula is C10H6F3N3. The monoisotopic (exact) mass is 225 g/mol. The van der Waals surface area contributed by atoms with Gasteiger partial charge in [-0.1, -0.05) is 6.07 Å². The smallest absolute Gasteiger partial charge is 0.266 e. The number of para-hydroxylation sites is 1. The summed E-state index contributed by atoms with van der Waals surface area (Å²) in [5.41, 5.74) is -0.836. The molecule has 0 N–H and O–H groups in total. The van der Waals surface area contributed by atoms with Crippen LogP contribution in [0.2, 0.25) is 0 Å². The molecule has 0 unspecified atom stereocenters. The van der Waals surface area contributed by atoms with Crippen LogP contribution >= 0.6 is 0 Å². The Kier molecular flexibility index (Phi) is 2.12. The van der Waals surface area contributed by atoms with Gasteiger partial charge in [-0.2, -0.15) is 23.5 Å². The van der Waals surface area contributed by atoms with Crippen LogP contribution in [0.5, 0.6) is 0 Å². The van der Waals surface area contributed by atoms with Gasteiger partial charge in [-0.25, -0.2) is 0 Å². The number of aryl methyl sites for hydroxylation is 1. The largest absolute Gasteiger partial charge is 0.418 e. The van der Waals surface area contributed by atoms with Crippen molar-refractivity contribution in [2.75, 3.05) is 0 Å². The highest BCUT2D eigenvalue weighted by molar-refractivity contribution is 5.87. The molecule has 1 heterocycles. The number of halogens is 3. The van der Waals surface area contributed by atoms with E-state index >= 15 is 0 Å². The summed E-state index contributed by atoms with van der Waals surface area (Å²) in [7, 11) is 1.39. The Labute approximate surface area is 88.7 Å². The van der Waals surface area contributed by atoms with Crippen molar-refractivity contribution in [2.24, 2.45) is 7.05 Å². The summed E-state index contributed by atoms with van der Waals surface area (Å²) in [6.07, 6.45) is -4.44. The molecule has 0 bridgehead atoms. The molecule has 2 rings (SSSR count). The van der Waals surface area contributed by atoms with Crippen LogP contribution in [0.3, 0.4) is 0 Å². The zero-order chi connectivity index (χ0) is 11.9. The van der Waals surface area contributed by atoms with Gasteiger partial charge in [0.25, 0.3) is 0 Å². The van der Waals surface area contributed by atoms with Crippen LogP contribution in [0.4, 0.5) is 13.2 Å². The lowest BCUT2D eigenvalue weighted by atomic mass is 10.1. The van der Waals surface area contributed by atoms with Crippen LogP contribution in [0.15, 0.2) is 18.2 Å². The Balaban J connectivity index is 2.90. The molecule has 1 aromatic carbocycles. The molecule has 2 aromatic rings. The van der Waals surface area contributed by atoms with E-state index in [0.29, 0.717) is 0 Å². The third-order valence-electron chi connectivity index (χ3n) is 2.28. The fourth-order valence-corrected chi connectivity index (χ4v) is 1.65.